The topological polar surface area (TPSA) is 70.0 Å². The first-order valence-corrected chi connectivity index (χ1v) is 6.50. The zero-order chi connectivity index (χ0) is 15.1. The predicted molar refractivity (Wildman–Crippen MR) is 74.8 cm³/mol. The number of nitrogens with one attached hydrogen (secondary N) is 2. The second kappa shape index (κ2) is 11.1. The number of likely N-dealkylation sites (N-methyl/N-ethyl adjacent to an activating group) is 2. The smallest absolute Gasteiger partial charge is 0.242 e. The van der Waals surface area contributed by atoms with Crippen LogP contribution in [0.1, 0.15) is 6.42 Å². The van der Waals surface area contributed by atoms with Gasteiger partial charge < -0.3 is 39.1 Å². The Kier molecular flexibility index (Phi) is 13.4. The van der Waals surface area contributed by atoms with Crippen molar-refractivity contribution >= 4 is 11.8 Å². The van der Waals surface area contributed by atoms with Crippen LogP contribution in [0.4, 0.5) is 0 Å². The first kappa shape index (κ1) is 25.4. The van der Waals surface area contributed by atoms with Gasteiger partial charge in [-0.15, -0.1) is 0 Å². The molecule has 2 radical (unpaired) electrons. The van der Waals surface area contributed by atoms with Crippen molar-refractivity contribution in [3.05, 3.63) is 6.42 Å². The maximum absolute atomic E-state index is 11.4. The molecule has 0 rings (SSSR count). The van der Waals surface area contributed by atoms with Crippen molar-refractivity contribution < 1.29 is 43.4 Å². The van der Waals surface area contributed by atoms with Crippen LogP contribution in [0, 0.1) is 6.42 Å². The van der Waals surface area contributed by atoms with Gasteiger partial charge in [0, 0.05) is 6.42 Å². The molecule has 0 aromatic heterocycles. The summed E-state index contributed by atoms with van der Waals surface area (Å²) in [6, 6.07) is 0. The van der Waals surface area contributed by atoms with Gasteiger partial charge in [-0.2, -0.15) is 0 Å². The van der Waals surface area contributed by atoms with E-state index in [1.165, 1.54) is 0 Å². The van der Waals surface area contributed by atoms with Gasteiger partial charge in [-0.05, 0) is 0 Å². The molecular weight excluding hydrogens is 315 g/mol. The van der Waals surface area contributed by atoms with Crippen LogP contribution in [-0.4, -0.2) is 82.2 Å². The van der Waals surface area contributed by atoms with Gasteiger partial charge in [0.25, 0.3) is 0 Å². The normalized spacial score (nSPS) is 11.1. The zero-order valence-electron chi connectivity index (χ0n) is 13.6. The number of quaternary nitrogens is 2. The van der Waals surface area contributed by atoms with Crippen LogP contribution in [0.3, 0.4) is 0 Å². The second-order valence-corrected chi connectivity index (χ2v) is 6.52. The Bertz CT molecular complexity index is 318. The third kappa shape index (κ3) is 17.4. The Morgan fingerprint density at radius 2 is 1.52 bits per heavy atom. The Balaban J connectivity index is -0.00000162. The molecule has 21 heavy (non-hydrogen) atoms. The van der Waals surface area contributed by atoms with Gasteiger partial charge in [0.15, 0.2) is 0 Å². The van der Waals surface area contributed by atoms with E-state index in [9.17, 15) is 9.59 Å². The summed E-state index contributed by atoms with van der Waals surface area (Å²) in [4.78, 5) is 21.7. The minimum absolute atomic E-state index is 0. The summed E-state index contributed by atoms with van der Waals surface area (Å²) in [7, 11) is 10.8. The van der Waals surface area contributed by atoms with Crippen molar-refractivity contribution in [1.82, 2.24) is 11.1 Å². The van der Waals surface area contributed by atoms with Gasteiger partial charge in [0.05, 0.1) is 54.7 Å². The Labute approximate surface area is 141 Å². The molecule has 0 unspecified atom stereocenters. The van der Waals surface area contributed by atoms with Crippen LogP contribution < -0.4 is 35.9 Å². The number of hydrogen-bond acceptors (Lipinski definition) is 2. The fourth-order valence-corrected chi connectivity index (χ4v) is 1.44. The van der Waals surface area contributed by atoms with E-state index in [0.29, 0.717) is 6.54 Å². The highest BCUT2D eigenvalue weighted by molar-refractivity contribution is 5.89. The predicted octanol–water partition coefficient (Wildman–Crippen LogP) is -6.70. The lowest BCUT2D eigenvalue weighted by molar-refractivity contribution is -0.936. The number of nitrogens with zero attached hydrogens (tertiary/aromatic N) is 2. The Morgan fingerprint density at radius 1 is 1.00 bits per heavy atom. The van der Waals surface area contributed by atoms with Crippen molar-refractivity contribution in [2.24, 2.45) is 0 Å². The summed E-state index contributed by atoms with van der Waals surface area (Å²) >= 11 is 0. The lowest BCUT2D eigenvalue weighted by atomic mass is 10.3. The fraction of sp³-hybridized carbons (Fsp3) is 0.769. The molecule has 0 aromatic rings. The summed E-state index contributed by atoms with van der Waals surface area (Å²) in [6.07, 6.45) is 1.07. The van der Waals surface area contributed by atoms with Gasteiger partial charge in [-0.1, -0.05) is 0 Å². The molecule has 0 aliphatic carbocycles. The van der Waals surface area contributed by atoms with E-state index >= 15 is 0 Å². The lowest BCUT2D eigenvalue weighted by Gasteiger charge is -2.33. The molecule has 0 aromatic carbocycles. The summed E-state index contributed by atoms with van der Waals surface area (Å²) in [5.74, 6) is -1.01. The van der Waals surface area contributed by atoms with Crippen molar-refractivity contribution in [3.8, 4) is 0 Å². The quantitative estimate of drug-likeness (QED) is 0.423. The van der Waals surface area contributed by atoms with Crippen molar-refractivity contribution in [1.29, 1.82) is 0 Å². The summed E-state index contributed by atoms with van der Waals surface area (Å²) in [5, 5.41) is 2.76. The molecule has 0 heterocycles. The maximum atomic E-state index is 11.4. The minimum Gasteiger partial charge on any atom is -1.00 e. The molecule has 0 saturated heterocycles. The maximum Gasteiger partial charge on any atom is 0.242 e. The summed E-state index contributed by atoms with van der Waals surface area (Å²) in [5.41, 5.74) is 6.68. The number of hydrogen-bond donors (Lipinski definition) is 1. The number of halogens is 2. The average Bonchev–Trinajstić information content (AvgIpc) is 2.23. The zero-order valence-corrected chi connectivity index (χ0v) is 15.1. The van der Waals surface area contributed by atoms with Crippen LogP contribution in [0.5, 0.6) is 0 Å². The SMILES string of the molecule is C[N+](C)(C)CC[N+](C)(C)CCNC(=O)C[CH]C([NH])=O.[Cl-].[Cl-]. The highest BCUT2D eigenvalue weighted by Crippen LogP contribution is 1.99. The number of rotatable bonds is 9. The van der Waals surface area contributed by atoms with Crippen LogP contribution >= 0.6 is 0 Å². The minimum atomic E-state index is -0.811. The van der Waals surface area contributed by atoms with Gasteiger partial charge in [0.2, 0.25) is 11.8 Å². The molecule has 8 heteroatoms. The summed E-state index contributed by atoms with van der Waals surface area (Å²) < 4.78 is 1.77. The number of carbonyl (C=O) groups excluding carboxylic acids is 2. The molecule has 2 N–H and O–H groups in total. The van der Waals surface area contributed by atoms with Crippen LogP contribution in [0.25, 0.3) is 0 Å². The fourth-order valence-electron chi connectivity index (χ4n) is 1.44. The van der Waals surface area contributed by atoms with Crippen molar-refractivity contribution in [2.45, 2.75) is 6.42 Å². The second-order valence-electron chi connectivity index (χ2n) is 6.52. The Hall–Kier alpha value is -0.560. The number of amides is 2. The van der Waals surface area contributed by atoms with Gasteiger partial charge in [-0.3, -0.25) is 15.3 Å². The molecule has 0 spiro atoms. The highest BCUT2D eigenvalue weighted by atomic mass is 35.5. The molecule has 0 aliphatic rings. The Morgan fingerprint density at radius 3 is 1.95 bits per heavy atom. The van der Waals surface area contributed by atoms with E-state index in [2.05, 4.69) is 40.6 Å². The third-order valence-corrected chi connectivity index (χ3v) is 2.89. The van der Waals surface area contributed by atoms with Crippen molar-refractivity contribution in [2.75, 3.05) is 61.4 Å². The largest absolute Gasteiger partial charge is 1.00 e. The van der Waals surface area contributed by atoms with Crippen LogP contribution in [0.15, 0.2) is 0 Å². The van der Waals surface area contributed by atoms with E-state index in [1.807, 2.05) is 0 Å². The van der Waals surface area contributed by atoms with E-state index in [0.717, 1.165) is 35.0 Å². The number of carbonyl (C=O) groups is 2. The lowest BCUT2D eigenvalue weighted by Crippen LogP contribution is -3.00. The van der Waals surface area contributed by atoms with Crippen LogP contribution in [-0.2, 0) is 9.59 Å². The molecule has 0 saturated carbocycles. The van der Waals surface area contributed by atoms with Crippen LogP contribution in [0.2, 0.25) is 0 Å². The molecule has 0 aliphatic heterocycles. The standard InChI is InChI=1S/C13H27N4O2.2ClH/c1-16(2,3)10-11-17(4,5)9-8-15-13(19)7-6-12(14)18;;/h6,14H,7-11H2,1-5H3;2*1H/q+1;;/p-1. The van der Waals surface area contributed by atoms with Gasteiger partial charge in [0.1, 0.15) is 13.1 Å². The van der Waals surface area contributed by atoms with Gasteiger partial charge >= 0.3 is 0 Å². The molecule has 0 bridgehead atoms. The van der Waals surface area contributed by atoms with E-state index in [1.54, 1.807) is 0 Å². The molecule has 0 atom stereocenters. The van der Waals surface area contributed by atoms with E-state index in [4.69, 9.17) is 5.73 Å². The first-order valence-electron chi connectivity index (χ1n) is 6.50. The molecule has 6 nitrogen and oxygen atoms in total. The summed E-state index contributed by atoms with van der Waals surface area (Å²) in [6.45, 7) is 3.54. The molecular formula is C13H28Cl2N4O2. The average molecular weight is 343 g/mol. The molecule has 126 valence electrons. The highest BCUT2D eigenvalue weighted by Gasteiger charge is 2.19. The van der Waals surface area contributed by atoms with Gasteiger partial charge in [-0.25, -0.2) is 0 Å². The molecule has 2 amide bonds. The monoisotopic (exact) mass is 342 g/mol. The van der Waals surface area contributed by atoms with E-state index < -0.39 is 5.91 Å². The van der Waals surface area contributed by atoms with Crippen molar-refractivity contribution in [3.63, 3.8) is 0 Å². The molecule has 0 fully saturated rings. The third-order valence-electron chi connectivity index (χ3n) is 2.89. The van der Waals surface area contributed by atoms with E-state index in [-0.39, 0.29) is 37.1 Å². The first-order chi connectivity index (χ1) is 8.52.